The van der Waals surface area contributed by atoms with Crippen molar-refractivity contribution in [1.82, 2.24) is 16.0 Å². The summed E-state index contributed by atoms with van der Waals surface area (Å²) in [5, 5.41) is 25.0. The second-order valence-electron chi connectivity index (χ2n) is 7.85. The van der Waals surface area contributed by atoms with E-state index < -0.39 is 60.8 Å². The summed E-state index contributed by atoms with van der Waals surface area (Å²) in [5.74, 6) is -4.65. The molecule has 0 fully saturated rings. The average molecular weight is 474 g/mol. The molecule has 188 valence electrons. The van der Waals surface area contributed by atoms with E-state index in [1.165, 1.54) is 0 Å². The Morgan fingerprint density at radius 2 is 1.58 bits per heavy atom. The summed E-state index contributed by atoms with van der Waals surface area (Å²) in [6.45, 7) is 3.51. The SMILES string of the molecule is CC(C)CC(N)C(=O)NCC(=O)NC(CCCN=C(N)N)C(=O)NC(CCC(=O)O)C(=O)O. The van der Waals surface area contributed by atoms with Gasteiger partial charge in [-0.1, -0.05) is 13.8 Å². The van der Waals surface area contributed by atoms with E-state index in [9.17, 15) is 29.1 Å². The lowest BCUT2D eigenvalue weighted by atomic mass is 10.0. The minimum absolute atomic E-state index is 0.0560. The van der Waals surface area contributed by atoms with Crippen molar-refractivity contribution < 1.29 is 34.2 Å². The predicted octanol–water partition coefficient (Wildman–Crippen LogP) is -2.55. The van der Waals surface area contributed by atoms with Crippen molar-refractivity contribution in [3.8, 4) is 0 Å². The normalized spacial score (nSPS) is 13.3. The minimum atomic E-state index is -1.46. The van der Waals surface area contributed by atoms with Crippen molar-refractivity contribution >= 4 is 35.6 Å². The lowest BCUT2D eigenvalue weighted by Gasteiger charge is -2.21. The van der Waals surface area contributed by atoms with Crippen LogP contribution in [0.15, 0.2) is 4.99 Å². The van der Waals surface area contributed by atoms with Crippen LogP contribution >= 0.6 is 0 Å². The third-order valence-electron chi connectivity index (χ3n) is 4.34. The molecule has 14 nitrogen and oxygen atoms in total. The fraction of sp³-hybridized carbons (Fsp3) is 0.684. The van der Waals surface area contributed by atoms with E-state index in [2.05, 4.69) is 20.9 Å². The standard InChI is InChI=1S/C19H35N7O7/c1-10(2)8-11(20)16(30)24-9-14(27)25-12(4-3-7-23-19(21)22)17(31)26-13(18(32)33)5-6-15(28)29/h10-13H,3-9,20H2,1-2H3,(H,24,30)(H,25,27)(H,26,31)(H,28,29)(H,32,33)(H4,21,22,23). The first-order chi connectivity index (χ1) is 15.3. The number of hydrogen-bond acceptors (Lipinski definition) is 7. The van der Waals surface area contributed by atoms with E-state index in [4.69, 9.17) is 22.3 Å². The van der Waals surface area contributed by atoms with Crippen LogP contribution in [-0.2, 0) is 24.0 Å². The van der Waals surface area contributed by atoms with Gasteiger partial charge in [0.1, 0.15) is 12.1 Å². The van der Waals surface area contributed by atoms with Crippen LogP contribution in [0, 0.1) is 5.92 Å². The number of carbonyl (C=O) groups is 5. The maximum Gasteiger partial charge on any atom is 0.326 e. The third kappa shape index (κ3) is 14.3. The molecule has 0 spiro atoms. The predicted molar refractivity (Wildman–Crippen MR) is 119 cm³/mol. The summed E-state index contributed by atoms with van der Waals surface area (Å²) in [5.41, 5.74) is 16.2. The smallest absolute Gasteiger partial charge is 0.326 e. The number of nitrogens with one attached hydrogen (secondary N) is 3. The van der Waals surface area contributed by atoms with Crippen molar-refractivity contribution in [3.05, 3.63) is 0 Å². The van der Waals surface area contributed by atoms with E-state index in [0.29, 0.717) is 6.42 Å². The Morgan fingerprint density at radius 3 is 2.09 bits per heavy atom. The fourth-order valence-corrected chi connectivity index (χ4v) is 2.73. The van der Waals surface area contributed by atoms with Crippen LogP contribution in [0.25, 0.3) is 0 Å². The van der Waals surface area contributed by atoms with Crippen LogP contribution in [0.3, 0.4) is 0 Å². The summed E-state index contributed by atoms with van der Waals surface area (Å²) < 4.78 is 0. The molecule has 0 heterocycles. The van der Waals surface area contributed by atoms with Crippen LogP contribution in [-0.4, -0.2) is 77.0 Å². The zero-order chi connectivity index (χ0) is 25.6. The molecule has 0 aromatic heterocycles. The average Bonchev–Trinajstić information content (AvgIpc) is 2.70. The van der Waals surface area contributed by atoms with Gasteiger partial charge in [-0.2, -0.15) is 0 Å². The molecule has 14 heteroatoms. The molecule has 3 atom stereocenters. The molecule has 0 aromatic rings. The summed E-state index contributed by atoms with van der Waals surface area (Å²) in [4.78, 5) is 62.7. The molecule has 33 heavy (non-hydrogen) atoms. The number of amides is 3. The first-order valence-electron chi connectivity index (χ1n) is 10.5. The monoisotopic (exact) mass is 473 g/mol. The van der Waals surface area contributed by atoms with E-state index in [-0.39, 0.29) is 37.7 Å². The summed E-state index contributed by atoms with van der Waals surface area (Å²) in [6.07, 6.45) is -0.0539. The molecule has 0 saturated heterocycles. The zero-order valence-corrected chi connectivity index (χ0v) is 18.9. The maximum absolute atomic E-state index is 12.6. The van der Waals surface area contributed by atoms with Gasteiger partial charge in [-0.05, 0) is 31.6 Å². The first kappa shape index (κ1) is 29.6. The molecule has 11 N–H and O–H groups in total. The molecular formula is C19H35N7O7. The molecule has 0 radical (unpaired) electrons. The lowest BCUT2D eigenvalue weighted by Crippen LogP contribution is -2.53. The van der Waals surface area contributed by atoms with Crippen molar-refractivity contribution in [2.75, 3.05) is 13.1 Å². The maximum atomic E-state index is 12.6. The van der Waals surface area contributed by atoms with Gasteiger partial charge in [-0.25, -0.2) is 4.79 Å². The van der Waals surface area contributed by atoms with Gasteiger partial charge in [-0.15, -0.1) is 0 Å². The van der Waals surface area contributed by atoms with Crippen LogP contribution < -0.4 is 33.2 Å². The van der Waals surface area contributed by atoms with E-state index in [0.717, 1.165) is 0 Å². The van der Waals surface area contributed by atoms with Crippen molar-refractivity contribution in [3.63, 3.8) is 0 Å². The Morgan fingerprint density at radius 1 is 0.939 bits per heavy atom. The highest BCUT2D eigenvalue weighted by Gasteiger charge is 2.27. The van der Waals surface area contributed by atoms with Crippen molar-refractivity contribution in [2.24, 2.45) is 28.1 Å². The molecule has 3 amide bonds. The number of nitrogens with two attached hydrogens (primary N) is 3. The van der Waals surface area contributed by atoms with Gasteiger partial charge >= 0.3 is 11.9 Å². The van der Waals surface area contributed by atoms with E-state index in [1.54, 1.807) is 0 Å². The second-order valence-corrected chi connectivity index (χ2v) is 7.85. The Balaban J connectivity index is 5.08. The number of carbonyl (C=O) groups excluding carboxylic acids is 3. The van der Waals surface area contributed by atoms with Crippen LogP contribution in [0.1, 0.15) is 46.0 Å². The van der Waals surface area contributed by atoms with Gasteiger partial charge in [0.15, 0.2) is 5.96 Å². The van der Waals surface area contributed by atoms with Gasteiger partial charge in [0.05, 0.1) is 12.6 Å². The Kier molecular flexibility index (Phi) is 13.8. The minimum Gasteiger partial charge on any atom is -0.481 e. The van der Waals surface area contributed by atoms with E-state index >= 15 is 0 Å². The second kappa shape index (κ2) is 15.4. The molecule has 0 aliphatic carbocycles. The fourth-order valence-electron chi connectivity index (χ4n) is 2.73. The van der Waals surface area contributed by atoms with E-state index in [1.807, 2.05) is 13.8 Å². The Labute approximate surface area is 191 Å². The zero-order valence-electron chi connectivity index (χ0n) is 18.9. The Hall–Kier alpha value is -3.42. The van der Waals surface area contributed by atoms with Gasteiger partial charge in [0.25, 0.3) is 0 Å². The highest BCUT2D eigenvalue weighted by molar-refractivity contribution is 5.92. The Bertz CT molecular complexity index is 723. The molecule has 0 aliphatic heterocycles. The number of aliphatic carboxylic acids is 2. The molecule has 0 aliphatic rings. The number of aliphatic imine (C=N–C) groups is 1. The number of rotatable bonds is 16. The number of nitrogens with zero attached hydrogens (tertiary/aromatic N) is 1. The molecule has 0 saturated carbocycles. The van der Waals surface area contributed by atoms with Gasteiger partial charge in [-0.3, -0.25) is 24.2 Å². The van der Waals surface area contributed by atoms with Crippen LogP contribution in [0.2, 0.25) is 0 Å². The highest BCUT2D eigenvalue weighted by atomic mass is 16.4. The highest BCUT2D eigenvalue weighted by Crippen LogP contribution is 2.04. The number of hydrogen-bond donors (Lipinski definition) is 8. The molecular weight excluding hydrogens is 438 g/mol. The number of carboxylic acids is 2. The number of carboxylic acid groups (broad SMARTS) is 2. The largest absolute Gasteiger partial charge is 0.481 e. The van der Waals surface area contributed by atoms with Gasteiger partial charge in [0, 0.05) is 13.0 Å². The summed E-state index contributed by atoms with van der Waals surface area (Å²) in [7, 11) is 0. The molecule has 3 unspecified atom stereocenters. The quantitative estimate of drug-likeness (QED) is 0.0661. The van der Waals surface area contributed by atoms with Crippen molar-refractivity contribution in [1.29, 1.82) is 0 Å². The topological polar surface area (TPSA) is 252 Å². The molecule has 0 aromatic carbocycles. The summed E-state index contributed by atoms with van der Waals surface area (Å²) in [6, 6.07) is -3.42. The van der Waals surface area contributed by atoms with Gasteiger partial charge < -0.3 is 43.4 Å². The first-order valence-corrected chi connectivity index (χ1v) is 10.5. The third-order valence-corrected chi connectivity index (χ3v) is 4.34. The molecule has 0 rings (SSSR count). The lowest BCUT2D eigenvalue weighted by molar-refractivity contribution is -0.143. The van der Waals surface area contributed by atoms with Crippen molar-refractivity contribution in [2.45, 2.75) is 64.1 Å². The number of guanidine groups is 1. The molecule has 0 bridgehead atoms. The van der Waals surface area contributed by atoms with Crippen LogP contribution in [0.4, 0.5) is 0 Å². The van der Waals surface area contributed by atoms with Gasteiger partial charge in [0.2, 0.25) is 17.7 Å². The van der Waals surface area contributed by atoms with Crippen LogP contribution in [0.5, 0.6) is 0 Å². The summed E-state index contributed by atoms with van der Waals surface area (Å²) >= 11 is 0.